The summed E-state index contributed by atoms with van der Waals surface area (Å²) in [5, 5.41) is 6.96. The highest BCUT2D eigenvalue weighted by molar-refractivity contribution is 7.09. The highest BCUT2D eigenvalue weighted by Crippen LogP contribution is 2.35. The zero-order valence-electron chi connectivity index (χ0n) is 13.8. The van der Waals surface area contributed by atoms with Crippen LogP contribution in [0.25, 0.3) is 0 Å². The van der Waals surface area contributed by atoms with Gasteiger partial charge in [-0.1, -0.05) is 19.8 Å². The summed E-state index contributed by atoms with van der Waals surface area (Å²) in [6.07, 6.45) is 7.69. The number of rotatable bonds is 4. The molecule has 2 aliphatic rings. The molecule has 1 aromatic rings. The van der Waals surface area contributed by atoms with Crippen molar-refractivity contribution < 1.29 is 0 Å². The first-order chi connectivity index (χ1) is 10.8. The molecular formula is C17H28N4S. The van der Waals surface area contributed by atoms with E-state index in [4.69, 9.17) is 0 Å². The van der Waals surface area contributed by atoms with Gasteiger partial charge in [-0.3, -0.25) is 4.99 Å². The van der Waals surface area contributed by atoms with Crippen LogP contribution in [0, 0.1) is 11.8 Å². The Bertz CT molecular complexity index is 497. The molecule has 0 radical (unpaired) electrons. The molecule has 2 unspecified atom stereocenters. The molecule has 1 N–H and O–H groups in total. The van der Waals surface area contributed by atoms with E-state index >= 15 is 0 Å². The van der Waals surface area contributed by atoms with Crippen molar-refractivity contribution in [3.8, 4) is 0 Å². The van der Waals surface area contributed by atoms with E-state index in [9.17, 15) is 0 Å². The number of guanidine groups is 1. The van der Waals surface area contributed by atoms with Crippen LogP contribution >= 0.6 is 11.3 Å². The molecule has 0 bridgehead atoms. The van der Waals surface area contributed by atoms with Gasteiger partial charge in [0.25, 0.3) is 0 Å². The van der Waals surface area contributed by atoms with Crippen molar-refractivity contribution >= 4 is 17.3 Å². The standard InChI is InChI=1S/C17H28N4S/c1-3-16-20-15(12-22-16)8-9-19-17(18-2)21-10-13-6-4-5-7-14(13)11-21/h12-14H,3-11H2,1-2H3,(H,18,19). The summed E-state index contributed by atoms with van der Waals surface area (Å²) in [5.41, 5.74) is 1.21. The lowest BCUT2D eigenvalue weighted by Gasteiger charge is -2.22. The first-order valence-electron chi connectivity index (χ1n) is 8.69. The number of nitrogens with zero attached hydrogens (tertiary/aromatic N) is 3. The number of likely N-dealkylation sites (tertiary alicyclic amines) is 1. The number of hydrogen-bond donors (Lipinski definition) is 1. The van der Waals surface area contributed by atoms with Gasteiger partial charge in [-0.2, -0.15) is 0 Å². The Morgan fingerprint density at radius 2 is 2.09 bits per heavy atom. The Morgan fingerprint density at radius 1 is 1.36 bits per heavy atom. The largest absolute Gasteiger partial charge is 0.356 e. The van der Waals surface area contributed by atoms with E-state index < -0.39 is 0 Å². The van der Waals surface area contributed by atoms with Gasteiger partial charge in [-0.15, -0.1) is 11.3 Å². The SMILES string of the molecule is CCc1nc(CCNC(=NC)N2CC3CCCCC3C2)cs1. The van der Waals surface area contributed by atoms with Gasteiger partial charge in [0, 0.05) is 38.5 Å². The fraction of sp³-hybridized carbons (Fsp3) is 0.765. The Kier molecular flexibility index (Phi) is 5.34. The highest BCUT2D eigenvalue weighted by atomic mass is 32.1. The predicted molar refractivity (Wildman–Crippen MR) is 93.6 cm³/mol. The molecule has 122 valence electrons. The third-order valence-corrected chi connectivity index (χ3v) is 6.10. The number of aromatic nitrogens is 1. The summed E-state index contributed by atoms with van der Waals surface area (Å²) in [5.74, 6) is 2.89. The van der Waals surface area contributed by atoms with Crippen molar-refractivity contribution in [3.63, 3.8) is 0 Å². The van der Waals surface area contributed by atoms with Crippen molar-refractivity contribution in [2.24, 2.45) is 16.8 Å². The lowest BCUT2D eigenvalue weighted by Crippen LogP contribution is -2.41. The zero-order chi connectivity index (χ0) is 15.4. The molecule has 0 amide bonds. The highest BCUT2D eigenvalue weighted by Gasteiger charge is 2.35. The van der Waals surface area contributed by atoms with Gasteiger partial charge in [-0.25, -0.2) is 4.98 Å². The van der Waals surface area contributed by atoms with Gasteiger partial charge >= 0.3 is 0 Å². The normalized spacial score (nSPS) is 25.4. The van der Waals surface area contributed by atoms with Crippen LogP contribution in [0.15, 0.2) is 10.4 Å². The Hall–Kier alpha value is -1.10. The first kappa shape index (κ1) is 15.8. The summed E-state index contributed by atoms with van der Waals surface area (Å²) < 4.78 is 0. The van der Waals surface area contributed by atoms with Crippen molar-refractivity contribution in [1.82, 2.24) is 15.2 Å². The fourth-order valence-corrected chi connectivity index (χ4v) is 4.62. The number of nitrogens with one attached hydrogen (secondary N) is 1. The molecule has 5 heteroatoms. The summed E-state index contributed by atoms with van der Waals surface area (Å²) >= 11 is 1.77. The molecule has 1 saturated carbocycles. The lowest BCUT2D eigenvalue weighted by molar-refractivity contribution is 0.299. The molecule has 2 atom stereocenters. The maximum absolute atomic E-state index is 4.63. The molecule has 0 aromatic carbocycles. The number of hydrogen-bond acceptors (Lipinski definition) is 3. The van der Waals surface area contributed by atoms with E-state index in [0.29, 0.717) is 0 Å². The summed E-state index contributed by atoms with van der Waals surface area (Å²) in [7, 11) is 1.91. The van der Waals surface area contributed by atoms with E-state index in [1.165, 1.54) is 49.5 Å². The third-order valence-electron chi connectivity index (χ3n) is 5.05. The molecule has 22 heavy (non-hydrogen) atoms. The molecule has 0 spiro atoms. The van der Waals surface area contributed by atoms with Crippen molar-refractivity contribution in [1.29, 1.82) is 0 Å². The maximum atomic E-state index is 4.63. The Balaban J connectivity index is 1.48. The van der Waals surface area contributed by atoms with Gasteiger partial charge in [-0.05, 0) is 31.1 Å². The second-order valence-corrected chi connectivity index (χ2v) is 7.46. The molecule has 1 aliphatic heterocycles. The molecule has 2 heterocycles. The lowest BCUT2D eigenvalue weighted by atomic mass is 9.82. The van der Waals surface area contributed by atoms with Gasteiger partial charge in [0.1, 0.15) is 0 Å². The van der Waals surface area contributed by atoms with E-state index in [1.54, 1.807) is 11.3 Å². The minimum atomic E-state index is 0.901. The predicted octanol–water partition coefficient (Wildman–Crippen LogP) is 2.95. The molecule has 1 aromatic heterocycles. The van der Waals surface area contributed by atoms with E-state index in [0.717, 1.165) is 37.2 Å². The van der Waals surface area contributed by atoms with E-state index in [-0.39, 0.29) is 0 Å². The molecular weight excluding hydrogens is 292 g/mol. The number of aryl methyl sites for hydroxylation is 1. The van der Waals surface area contributed by atoms with Gasteiger partial charge in [0.15, 0.2) is 5.96 Å². The van der Waals surface area contributed by atoms with Gasteiger partial charge in [0.2, 0.25) is 0 Å². The van der Waals surface area contributed by atoms with Crippen LogP contribution in [0.4, 0.5) is 0 Å². The quantitative estimate of drug-likeness (QED) is 0.685. The molecule has 1 aliphatic carbocycles. The molecule has 2 fully saturated rings. The summed E-state index contributed by atoms with van der Waals surface area (Å²) in [6.45, 7) is 5.48. The maximum Gasteiger partial charge on any atom is 0.193 e. The topological polar surface area (TPSA) is 40.5 Å². The van der Waals surface area contributed by atoms with Crippen molar-refractivity contribution in [2.75, 3.05) is 26.7 Å². The Morgan fingerprint density at radius 3 is 2.68 bits per heavy atom. The molecule has 4 nitrogen and oxygen atoms in total. The third kappa shape index (κ3) is 3.62. The number of fused-ring (bicyclic) bond motifs is 1. The van der Waals surface area contributed by atoms with Gasteiger partial charge in [0.05, 0.1) is 10.7 Å². The Labute approximate surface area is 138 Å². The average Bonchev–Trinajstić information content (AvgIpc) is 3.17. The van der Waals surface area contributed by atoms with Crippen LogP contribution < -0.4 is 5.32 Å². The molecule has 1 saturated heterocycles. The van der Waals surface area contributed by atoms with Crippen LogP contribution in [0.3, 0.4) is 0 Å². The minimum absolute atomic E-state index is 0.901. The monoisotopic (exact) mass is 320 g/mol. The fourth-order valence-electron chi connectivity index (χ4n) is 3.84. The summed E-state index contributed by atoms with van der Waals surface area (Å²) in [4.78, 5) is 11.6. The van der Waals surface area contributed by atoms with Crippen molar-refractivity contribution in [3.05, 3.63) is 16.1 Å². The van der Waals surface area contributed by atoms with Crippen LogP contribution in [-0.4, -0.2) is 42.5 Å². The second kappa shape index (κ2) is 7.44. The van der Waals surface area contributed by atoms with Crippen LogP contribution in [0.5, 0.6) is 0 Å². The van der Waals surface area contributed by atoms with Crippen molar-refractivity contribution in [2.45, 2.75) is 45.4 Å². The smallest absolute Gasteiger partial charge is 0.193 e. The minimum Gasteiger partial charge on any atom is -0.356 e. The van der Waals surface area contributed by atoms with Gasteiger partial charge < -0.3 is 10.2 Å². The first-order valence-corrected chi connectivity index (χ1v) is 9.57. The average molecular weight is 321 g/mol. The van der Waals surface area contributed by atoms with E-state index in [1.807, 2.05) is 7.05 Å². The summed E-state index contributed by atoms with van der Waals surface area (Å²) in [6, 6.07) is 0. The van der Waals surface area contributed by atoms with Crippen LogP contribution in [-0.2, 0) is 12.8 Å². The second-order valence-electron chi connectivity index (χ2n) is 6.52. The number of aliphatic imine (C=N–C) groups is 1. The molecule has 3 rings (SSSR count). The van der Waals surface area contributed by atoms with E-state index in [2.05, 4.69) is 32.5 Å². The number of thiazole rings is 1. The van der Waals surface area contributed by atoms with Crippen LogP contribution in [0.1, 0.15) is 43.3 Å². The van der Waals surface area contributed by atoms with Crippen LogP contribution in [0.2, 0.25) is 0 Å². The zero-order valence-corrected chi connectivity index (χ0v) is 14.7.